The number of nitrogens with one attached hydrogen (secondary N) is 2. The number of nitrogens with zero attached hydrogens (tertiary/aromatic N) is 1. The average molecular weight is 374 g/mol. The second-order valence-corrected chi connectivity index (χ2v) is 7.52. The van der Waals surface area contributed by atoms with Crippen molar-refractivity contribution in [3.8, 4) is 0 Å². The molecule has 0 aliphatic rings. The van der Waals surface area contributed by atoms with E-state index < -0.39 is 10.0 Å². The van der Waals surface area contributed by atoms with Gasteiger partial charge in [-0.05, 0) is 43.3 Å². The summed E-state index contributed by atoms with van der Waals surface area (Å²) in [6.07, 6.45) is 1.45. The Morgan fingerprint density at radius 1 is 0.920 bits per heavy atom. The number of aryl methyl sites for hydroxylation is 1. The third-order valence-electron chi connectivity index (χ3n) is 3.47. The van der Waals surface area contributed by atoms with Crippen molar-refractivity contribution in [2.45, 2.75) is 11.8 Å². The number of rotatable bonds is 5. The second kappa shape index (κ2) is 7.13. The van der Waals surface area contributed by atoms with Gasteiger partial charge in [0, 0.05) is 5.69 Å². The summed E-state index contributed by atoms with van der Waals surface area (Å²) in [5.41, 5.74) is 2.43. The van der Waals surface area contributed by atoms with Crippen LogP contribution in [0.15, 0.2) is 71.8 Å². The first-order valence-corrected chi connectivity index (χ1v) is 9.37. The smallest absolute Gasteiger partial charge is 0.263 e. The van der Waals surface area contributed by atoms with E-state index in [-0.39, 0.29) is 9.92 Å². The predicted octanol–water partition coefficient (Wildman–Crippen LogP) is 4.59. The topological polar surface area (TPSA) is 71.1 Å². The van der Waals surface area contributed by atoms with Crippen LogP contribution in [0.2, 0.25) is 5.02 Å². The molecule has 0 bridgehead atoms. The van der Waals surface area contributed by atoms with E-state index in [1.165, 1.54) is 23.9 Å². The number of aromatic nitrogens is 1. The van der Waals surface area contributed by atoms with E-state index in [2.05, 4.69) is 15.0 Å². The Hall–Kier alpha value is -2.57. The van der Waals surface area contributed by atoms with Gasteiger partial charge >= 0.3 is 0 Å². The lowest BCUT2D eigenvalue weighted by molar-refractivity contribution is 0.601. The molecular formula is C18H16ClN3O2S. The number of sulfonamides is 1. The summed E-state index contributed by atoms with van der Waals surface area (Å²) in [7, 11) is -3.76. The van der Waals surface area contributed by atoms with Crippen LogP contribution in [-0.4, -0.2) is 13.4 Å². The van der Waals surface area contributed by atoms with Gasteiger partial charge in [0.2, 0.25) is 0 Å². The standard InChI is InChI=1S/C18H16ClN3O2S/c1-13-6-8-14(9-7-13)21-18-11-10-15(12-20-18)22-25(23,24)17-5-3-2-4-16(17)19/h2-12,22H,1H3,(H,20,21). The molecule has 1 heterocycles. The molecule has 5 nitrogen and oxygen atoms in total. The highest BCUT2D eigenvalue weighted by atomic mass is 35.5. The summed E-state index contributed by atoms with van der Waals surface area (Å²) in [5.74, 6) is 0.615. The van der Waals surface area contributed by atoms with Crippen LogP contribution in [-0.2, 0) is 10.0 Å². The molecule has 0 saturated heterocycles. The van der Waals surface area contributed by atoms with Crippen molar-refractivity contribution in [2.75, 3.05) is 10.0 Å². The SMILES string of the molecule is Cc1ccc(Nc2ccc(NS(=O)(=O)c3ccccc3Cl)cn2)cc1. The summed E-state index contributed by atoms with van der Waals surface area (Å²) in [6.45, 7) is 2.02. The second-order valence-electron chi connectivity index (χ2n) is 5.46. The molecular weight excluding hydrogens is 358 g/mol. The highest BCUT2D eigenvalue weighted by molar-refractivity contribution is 7.92. The van der Waals surface area contributed by atoms with Crippen molar-refractivity contribution >= 4 is 38.8 Å². The molecule has 0 saturated carbocycles. The number of benzene rings is 2. The molecule has 0 spiro atoms. The first-order valence-electron chi connectivity index (χ1n) is 7.51. The summed E-state index contributed by atoms with van der Waals surface area (Å²) in [4.78, 5) is 4.25. The summed E-state index contributed by atoms with van der Waals surface area (Å²) >= 11 is 5.96. The zero-order chi connectivity index (χ0) is 17.9. The zero-order valence-electron chi connectivity index (χ0n) is 13.4. The third-order valence-corrected chi connectivity index (χ3v) is 5.35. The van der Waals surface area contributed by atoms with E-state index in [1.807, 2.05) is 31.2 Å². The maximum absolute atomic E-state index is 12.4. The van der Waals surface area contributed by atoms with Gasteiger partial charge in [0.25, 0.3) is 10.0 Å². The van der Waals surface area contributed by atoms with Gasteiger partial charge in [-0.15, -0.1) is 0 Å². The number of pyridine rings is 1. The van der Waals surface area contributed by atoms with Crippen LogP contribution in [0.5, 0.6) is 0 Å². The Bertz CT molecular complexity index is 972. The first kappa shape index (κ1) is 17.3. The Morgan fingerprint density at radius 2 is 1.60 bits per heavy atom. The summed E-state index contributed by atoms with van der Waals surface area (Å²) in [6, 6.07) is 17.5. The molecule has 1 aromatic heterocycles. The lowest BCUT2D eigenvalue weighted by Crippen LogP contribution is -2.13. The van der Waals surface area contributed by atoms with Gasteiger partial charge < -0.3 is 5.32 Å². The lowest BCUT2D eigenvalue weighted by Gasteiger charge is -2.10. The minimum Gasteiger partial charge on any atom is -0.340 e. The van der Waals surface area contributed by atoms with E-state index in [4.69, 9.17) is 11.6 Å². The van der Waals surface area contributed by atoms with Crippen LogP contribution >= 0.6 is 11.6 Å². The fourth-order valence-electron chi connectivity index (χ4n) is 2.19. The maximum Gasteiger partial charge on any atom is 0.263 e. The van der Waals surface area contributed by atoms with Crippen molar-refractivity contribution in [1.82, 2.24) is 4.98 Å². The van der Waals surface area contributed by atoms with Gasteiger partial charge in [-0.2, -0.15) is 0 Å². The van der Waals surface area contributed by atoms with Gasteiger partial charge in [0.15, 0.2) is 0 Å². The third kappa shape index (κ3) is 4.29. The van der Waals surface area contributed by atoms with Crippen LogP contribution in [0.4, 0.5) is 17.2 Å². The molecule has 2 aromatic carbocycles. The van der Waals surface area contributed by atoms with Gasteiger partial charge in [-0.3, -0.25) is 4.72 Å². The molecule has 0 amide bonds. The van der Waals surface area contributed by atoms with E-state index in [0.717, 1.165) is 5.69 Å². The van der Waals surface area contributed by atoms with E-state index in [0.29, 0.717) is 11.5 Å². The summed E-state index contributed by atoms with van der Waals surface area (Å²) < 4.78 is 27.3. The number of halogens is 1. The predicted molar refractivity (Wildman–Crippen MR) is 101 cm³/mol. The van der Waals surface area contributed by atoms with Crippen LogP contribution in [0.1, 0.15) is 5.56 Å². The maximum atomic E-state index is 12.4. The fraction of sp³-hybridized carbons (Fsp3) is 0.0556. The first-order chi connectivity index (χ1) is 11.9. The van der Waals surface area contributed by atoms with Crippen molar-refractivity contribution in [2.24, 2.45) is 0 Å². The zero-order valence-corrected chi connectivity index (χ0v) is 15.0. The molecule has 0 unspecified atom stereocenters. The van der Waals surface area contributed by atoms with Crippen LogP contribution in [0.25, 0.3) is 0 Å². The Balaban J connectivity index is 1.74. The van der Waals surface area contributed by atoms with Gasteiger partial charge in [-0.25, -0.2) is 13.4 Å². The van der Waals surface area contributed by atoms with Gasteiger partial charge in [0.05, 0.1) is 16.9 Å². The van der Waals surface area contributed by atoms with E-state index >= 15 is 0 Å². The Morgan fingerprint density at radius 3 is 2.24 bits per heavy atom. The van der Waals surface area contributed by atoms with Gasteiger partial charge in [0.1, 0.15) is 10.7 Å². The molecule has 128 valence electrons. The molecule has 25 heavy (non-hydrogen) atoms. The summed E-state index contributed by atoms with van der Waals surface area (Å²) in [5, 5.41) is 3.32. The van der Waals surface area contributed by atoms with Crippen LogP contribution in [0.3, 0.4) is 0 Å². The molecule has 7 heteroatoms. The highest BCUT2D eigenvalue weighted by Crippen LogP contribution is 2.24. The highest BCUT2D eigenvalue weighted by Gasteiger charge is 2.17. The lowest BCUT2D eigenvalue weighted by atomic mass is 10.2. The van der Waals surface area contributed by atoms with E-state index in [9.17, 15) is 8.42 Å². The Labute approximate surface area is 151 Å². The monoisotopic (exact) mass is 373 g/mol. The van der Waals surface area contributed by atoms with Crippen molar-refractivity contribution < 1.29 is 8.42 Å². The average Bonchev–Trinajstić information content (AvgIpc) is 2.59. The number of hydrogen-bond donors (Lipinski definition) is 2. The molecule has 3 rings (SSSR count). The van der Waals surface area contributed by atoms with Crippen LogP contribution in [0, 0.1) is 6.92 Å². The number of anilines is 3. The normalized spacial score (nSPS) is 11.1. The molecule has 0 aliphatic heterocycles. The number of hydrogen-bond acceptors (Lipinski definition) is 4. The van der Waals surface area contributed by atoms with E-state index in [1.54, 1.807) is 24.3 Å². The Kier molecular flexibility index (Phi) is 4.92. The molecule has 0 radical (unpaired) electrons. The fourth-order valence-corrected chi connectivity index (χ4v) is 3.75. The molecule has 2 N–H and O–H groups in total. The van der Waals surface area contributed by atoms with Crippen molar-refractivity contribution in [3.05, 3.63) is 77.4 Å². The largest absolute Gasteiger partial charge is 0.340 e. The van der Waals surface area contributed by atoms with Crippen molar-refractivity contribution in [1.29, 1.82) is 0 Å². The van der Waals surface area contributed by atoms with Crippen molar-refractivity contribution in [3.63, 3.8) is 0 Å². The molecule has 0 fully saturated rings. The minimum atomic E-state index is -3.76. The quantitative estimate of drug-likeness (QED) is 0.686. The molecule has 3 aromatic rings. The molecule has 0 atom stereocenters. The molecule has 0 aliphatic carbocycles. The van der Waals surface area contributed by atoms with Gasteiger partial charge in [-0.1, -0.05) is 41.4 Å². The van der Waals surface area contributed by atoms with Crippen LogP contribution < -0.4 is 10.0 Å². The minimum absolute atomic E-state index is 0.0264.